The van der Waals surface area contributed by atoms with Crippen LogP contribution < -0.4 is 15.4 Å². The Morgan fingerprint density at radius 1 is 1.28 bits per heavy atom. The summed E-state index contributed by atoms with van der Waals surface area (Å²) in [5, 5.41) is 6.33. The molecule has 0 saturated carbocycles. The van der Waals surface area contributed by atoms with Gasteiger partial charge in [-0.2, -0.15) is 0 Å². The Bertz CT molecular complexity index is 773. The molecule has 0 spiro atoms. The third-order valence-corrected chi connectivity index (χ3v) is 5.08. The number of rotatable bonds is 4. The second-order valence-electron chi connectivity index (χ2n) is 6.70. The van der Waals surface area contributed by atoms with E-state index in [1.807, 2.05) is 6.20 Å². The molecule has 1 aromatic heterocycles. The average molecular weight is 340 g/mol. The maximum Gasteiger partial charge on any atom is 0.271 e. The minimum absolute atomic E-state index is 0.129. The number of benzene rings is 1. The van der Waals surface area contributed by atoms with Crippen molar-refractivity contribution < 1.29 is 9.53 Å². The first kappa shape index (κ1) is 16.1. The summed E-state index contributed by atoms with van der Waals surface area (Å²) >= 11 is 0. The molecule has 0 radical (unpaired) electrons. The maximum absolute atomic E-state index is 12.5. The van der Waals surface area contributed by atoms with Gasteiger partial charge >= 0.3 is 0 Å². The molecule has 2 aromatic rings. The van der Waals surface area contributed by atoms with Gasteiger partial charge in [-0.05, 0) is 36.5 Å². The van der Waals surface area contributed by atoms with Crippen molar-refractivity contribution in [2.75, 3.05) is 20.2 Å². The van der Waals surface area contributed by atoms with E-state index in [1.54, 1.807) is 7.11 Å². The van der Waals surface area contributed by atoms with E-state index in [0.717, 1.165) is 56.0 Å². The van der Waals surface area contributed by atoms with Gasteiger partial charge in [0.15, 0.2) is 0 Å². The SMILES string of the molecule is COc1cc2c(cc1CNC(=O)c1cn3c(n1)CCNCC3)CCC2. The fourth-order valence-corrected chi connectivity index (χ4v) is 3.73. The smallest absolute Gasteiger partial charge is 0.271 e. The van der Waals surface area contributed by atoms with Crippen LogP contribution in [0.4, 0.5) is 0 Å². The van der Waals surface area contributed by atoms with Crippen molar-refractivity contribution >= 4 is 5.91 Å². The number of carbonyl (C=O) groups is 1. The molecule has 0 unspecified atom stereocenters. The Morgan fingerprint density at radius 2 is 2.12 bits per heavy atom. The lowest BCUT2D eigenvalue weighted by molar-refractivity contribution is 0.0946. The van der Waals surface area contributed by atoms with Gasteiger partial charge in [0.25, 0.3) is 5.91 Å². The van der Waals surface area contributed by atoms with Crippen LogP contribution in [0.2, 0.25) is 0 Å². The van der Waals surface area contributed by atoms with Crippen LogP contribution in [-0.4, -0.2) is 35.7 Å². The van der Waals surface area contributed by atoms with Crippen LogP contribution in [0.1, 0.15) is 39.4 Å². The van der Waals surface area contributed by atoms with Gasteiger partial charge in [-0.25, -0.2) is 4.98 Å². The van der Waals surface area contributed by atoms with E-state index in [9.17, 15) is 4.79 Å². The van der Waals surface area contributed by atoms with E-state index in [0.29, 0.717) is 12.2 Å². The van der Waals surface area contributed by atoms with Crippen molar-refractivity contribution in [3.05, 3.63) is 46.5 Å². The molecule has 132 valence electrons. The van der Waals surface area contributed by atoms with Crippen molar-refractivity contribution in [3.63, 3.8) is 0 Å². The predicted octanol–water partition coefficient (Wildman–Crippen LogP) is 1.46. The van der Waals surface area contributed by atoms with E-state index in [2.05, 4.69) is 32.3 Å². The Morgan fingerprint density at radius 3 is 2.96 bits per heavy atom. The van der Waals surface area contributed by atoms with Gasteiger partial charge in [-0.1, -0.05) is 6.07 Å². The van der Waals surface area contributed by atoms with Crippen LogP contribution >= 0.6 is 0 Å². The average Bonchev–Trinajstić information content (AvgIpc) is 3.19. The zero-order valence-corrected chi connectivity index (χ0v) is 14.6. The highest BCUT2D eigenvalue weighted by Gasteiger charge is 2.18. The van der Waals surface area contributed by atoms with Crippen LogP contribution in [0.3, 0.4) is 0 Å². The zero-order chi connectivity index (χ0) is 17.2. The van der Waals surface area contributed by atoms with Gasteiger partial charge in [0.2, 0.25) is 0 Å². The topological polar surface area (TPSA) is 68.2 Å². The zero-order valence-electron chi connectivity index (χ0n) is 14.6. The number of amides is 1. The van der Waals surface area contributed by atoms with Crippen LogP contribution in [-0.2, 0) is 32.4 Å². The molecule has 1 aliphatic heterocycles. The number of fused-ring (bicyclic) bond motifs is 2. The predicted molar refractivity (Wildman–Crippen MR) is 95.0 cm³/mol. The summed E-state index contributed by atoms with van der Waals surface area (Å²) in [5.74, 6) is 1.70. The summed E-state index contributed by atoms with van der Waals surface area (Å²) in [6.07, 6.45) is 6.14. The van der Waals surface area contributed by atoms with Crippen LogP contribution in [0, 0.1) is 0 Å². The number of aromatic nitrogens is 2. The lowest BCUT2D eigenvalue weighted by Crippen LogP contribution is -2.24. The number of ether oxygens (including phenoxy) is 1. The molecule has 25 heavy (non-hydrogen) atoms. The van der Waals surface area contributed by atoms with Crippen molar-refractivity contribution in [3.8, 4) is 5.75 Å². The number of methoxy groups -OCH3 is 1. The molecule has 0 atom stereocenters. The first-order chi connectivity index (χ1) is 12.2. The molecule has 1 aromatic carbocycles. The molecule has 2 N–H and O–H groups in total. The monoisotopic (exact) mass is 340 g/mol. The minimum atomic E-state index is -0.129. The third-order valence-electron chi connectivity index (χ3n) is 5.08. The van der Waals surface area contributed by atoms with E-state index in [4.69, 9.17) is 4.74 Å². The summed E-state index contributed by atoms with van der Waals surface area (Å²) in [7, 11) is 1.68. The van der Waals surface area contributed by atoms with E-state index >= 15 is 0 Å². The Balaban J connectivity index is 1.47. The number of imidazole rings is 1. The summed E-state index contributed by atoms with van der Waals surface area (Å²) in [6.45, 7) is 3.13. The van der Waals surface area contributed by atoms with Gasteiger partial charge in [0.05, 0.1) is 7.11 Å². The highest BCUT2D eigenvalue weighted by Crippen LogP contribution is 2.29. The Hall–Kier alpha value is -2.34. The maximum atomic E-state index is 12.5. The first-order valence-corrected chi connectivity index (χ1v) is 8.98. The highest BCUT2D eigenvalue weighted by atomic mass is 16.5. The van der Waals surface area contributed by atoms with E-state index < -0.39 is 0 Å². The second kappa shape index (κ2) is 6.88. The lowest BCUT2D eigenvalue weighted by Gasteiger charge is -2.12. The highest BCUT2D eigenvalue weighted by molar-refractivity contribution is 5.92. The van der Waals surface area contributed by atoms with Crippen LogP contribution in [0.5, 0.6) is 5.75 Å². The summed E-state index contributed by atoms with van der Waals surface area (Å²) in [5.41, 5.74) is 4.28. The van der Waals surface area contributed by atoms with Gasteiger partial charge < -0.3 is 19.9 Å². The van der Waals surface area contributed by atoms with Crippen molar-refractivity contribution in [1.82, 2.24) is 20.2 Å². The number of aryl methyl sites for hydroxylation is 2. The standard InChI is InChI=1S/C19H24N4O2/c1-25-17-10-14-4-2-3-13(14)9-15(17)11-21-19(24)16-12-23-8-7-20-6-5-18(23)22-16/h9-10,12,20H,2-8,11H2,1H3,(H,21,24). The fraction of sp³-hybridized carbons (Fsp3) is 0.474. The van der Waals surface area contributed by atoms with Crippen LogP contribution in [0.15, 0.2) is 18.3 Å². The first-order valence-electron chi connectivity index (χ1n) is 8.98. The molecule has 0 fully saturated rings. The molecule has 6 heteroatoms. The number of hydrogen-bond acceptors (Lipinski definition) is 4. The third kappa shape index (κ3) is 3.26. The van der Waals surface area contributed by atoms with Gasteiger partial charge in [0.1, 0.15) is 17.3 Å². The van der Waals surface area contributed by atoms with Crippen molar-refractivity contribution in [2.24, 2.45) is 0 Å². The molecular formula is C19H24N4O2. The number of carbonyl (C=O) groups excluding carboxylic acids is 1. The van der Waals surface area contributed by atoms with E-state index in [1.165, 1.54) is 17.5 Å². The summed E-state index contributed by atoms with van der Waals surface area (Å²) < 4.78 is 7.59. The molecule has 1 aliphatic carbocycles. The van der Waals surface area contributed by atoms with Gasteiger partial charge in [-0.3, -0.25) is 4.79 Å². The van der Waals surface area contributed by atoms with Crippen molar-refractivity contribution in [1.29, 1.82) is 0 Å². The lowest BCUT2D eigenvalue weighted by atomic mass is 10.0. The number of nitrogens with zero attached hydrogens (tertiary/aromatic N) is 2. The molecule has 6 nitrogen and oxygen atoms in total. The Kier molecular flexibility index (Phi) is 4.44. The Labute approximate surface area is 147 Å². The molecular weight excluding hydrogens is 316 g/mol. The minimum Gasteiger partial charge on any atom is -0.496 e. The second-order valence-corrected chi connectivity index (χ2v) is 6.70. The normalized spacial score (nSPS) is 16.0. The van der Waals surface area contributed by atoms with Crippen molar-refractivity contribution in [2.45, 2.75) is 38.8 Å². The summed E-state index contributed by atoms with van der Waals surface area (Å²) in [4.78, 5) is 17.0. The molecule has 0 bridgehead atoms. The quantitative estimate of drug-likeness (QED) is 0.884. The van der Waals surface area contributed by atoms with Gasteiger partial charge in [0, 0.05) is 44.4 Å². The van der Waals surface area contributed by atoms with E-state index in [-0.39, 0.29) is 5.91 Å². The fourth-order valence-electron chi connectivity index (χ4n) is 3.73. The molecule has 0 saturated heterocycles. The summed E-state index contributed by atoms with van der Waals surface area (Å²) in [6, 6.07) is 4.30. The molecule has 1 amide bonds. The number of nitrogens with one attached hydrogen (secondary N) is 2. The molecule has 2 heterocycles. The largest absolute Gasteiger partial charge is 0.496 e. The molecule has 2 aliphatic rings. The van der Waals surface area contributed by atoms with Crippen LogP contribution in [0.25, 0.3) is 0 Å². The number of hydrogen-bond donors (Lipinski definition) is 2. The molecule has 4 rings (SSSR count). The van der Waals surface area contributed by atoms with Gasteiger partial charge in [-0.15, -0.1) is 0 Å².